The molecule has 100 valence electrons. The van der Waals surface area contributed by atoms with Gasteiger partial charge in [-0.1, -0.05) is 51.1 Å². The van der Waals surface area contributed by atoms with Gasteiger partial charge in [0, 0.05) is 0 Å². The number of ether oxygens (including phenoxy) is 1. The van der Waals surface area contributed by atoms with E-state index in [1.165, 1.54) is 11.1 Å². The average Bonchev–Trinajstić information content (AvgIpc) is 2.42. The quantitative estimate of drug-likeness (QED) is 0.702. The van der Waals surface area contributed by atoms with Gasteiger partial charge in [0.15, 0.2) is 0 Å². The van der Waals surface area contributed by atoms with Crippen molar-refractivity contribution >= 4 is 0 Å². The Kier molecular flexibility index (Phi) is 3.94. The van der Waals surface area contributed by atoms with Gasteiger partial charge < -0.3 is 4.74 Å². The molecule has 2 aromatic carbocycles. The Labute approximate surface area is 116 Å². The third-order valence-electron chi connectivity index (χ3n) is 3.81. The van der Waals surface area contributed by atoms with Crippen molar-refractivity contribution in [3.05, 3.63) is 59.7 Å². The van der Waals surface area contributed by atoms with Gasteiger partial charge >= 0.3 is 0 Å². The highest BCUT2D eigenvalue weighted by Gasteiger charge is 2.18. The number of aryl methyl sites for hydroxylation is 1. The zero-order chi connectivity index (χ0) is 13.9. The first-order valence-corrected chi connectivity index (χ1v) is 6.87. The Morgan fingerprint density at radius 1 is 1.00 bits per heavy atom. The molecule has 0 amide bonds. The van der Waals surface area contributed by atoms with Crippen molar-refractivity contribution in [2.45, 2.75) is 39.5 Å². The van der Waals surface area contributed by atoms with Gasteiger partial charge in [-0.2, -0.15) is 0 Å². The lowest BCUT2D eigenvalue weighted by atomic mass is 9.81. The normalized spacial score (nSPS) is 11.4. The fourth-order valence-corrected chi connectivity index (χ4v) is 2.00. The maximum absolute atomic E-state index is 5.91. The lowest BCUT2D eigenvalue weighted by Crippen LogP contribution is -2.15. The smallest absolute Gasteiger partial charge is 0.130 e. The third kappa shape index (κ3) is 3.17. The molecule has 0 heterocycles. The van der Waals surface area contributed by atoms with Crippen LogP contribution in [0, 0.1) is 6.92 Å². The van der Waals surface area contributed by atoms with Gasteiger partial charge in [0.1, 0.15) is 11.5 Å². The van der Waals surface area contributed by atoms with Gasteiger partial charge in [-0.05, 0) is 48.1 Å². The average molecular weight is 254 g/mol. The van der Waals surface area contributed by atoms with Crippen molar-refractivity contribution in [2.24, 2.45) is 0 Å². The molecule has 0 saturated carbocycles. The van der Waals surface area contributed by atoms with E-state index in [1.807, 2.05) is 30.3 Å². The zero-order valence-electron chi connectivity index (χ0n) is 12.2. The first kappa shape index (κ1) is 13.7. The summed E-state index contributed by atoms with van der Waals surface area (Å²) in [5.41, 5.74) is 2.77. The largest absolute Gasteiger partial charge is 0.457 e. The van der Waals surface area contributed by atoms with Crippen molar-refractivity contribution in [1.29, 1.82) is 0 Å². The van der Waals surface area contributed by atoms with Crippen LogP contribution in [0.2, 0.25) is 0 Å². The molecule has 0 atom stereocenters. The molecular weight excluding hydrogens is 232 g/mol. The molecule has 2 rings (SSSR count). The van der Waals surface area contributed by atoms with Crippen LogP contribution >= 0.6 is 0 Å². The Hall–Kier alpha value is -1.76. The number of para-hydroxylation sites is 1. The third-order valence-corrected chi connectivity index (χ3v) is 3.81. The lowest BCUT2D eigenvalue weighted by molar-refractivity contribution is 0.474. The molecule has 1 nitrogen and oxygen atoms in total. The van der Waals surface area contributed by atoms with Crippen LogP contribution in [0.15, 0.2) is 48.5 Å². The number of rotatable bonds is 4. The molecule has 0 aliphatic carbocycles. The molecule has 1 heteroatoms. The van der Waals surface area contributed by atoms with E-state index in [9.17, 15) is 0 Å². The van der Waals surface area contributed by atoms with Crippen LogP contribution in [0.1, 0.15) is 38.3 Å². The first-order valence-electron chi connectivity index (χ1n) is 6.87. The van der Waals surface area contributed by atoms with E-state index in [1.54, 1.807) is 0 Å². The second-order valence-corrected chi connectivity index (χ2v) is 5.63. The van der Waals surface area contributed by atoms with Gasteiger partial charge in [-0.25, -0.2) is 0 Å². The summed E-state index contributed by atoms with van der Waals surface area (Å²) in [6, 6.07) is 16.4. The molecule has 19 heavy (non-hydrogen) atoms. The van der Waals surface area contributed by atoms with Crippen LogP contribution in [0.4, 0.5) is 0 Å². The van der Waals surface area contributed by atoms with E-state index in [2.05, 4.69) is 45.9 Å². The summed E-state index contributed by atoms with van der Waals surface area (Å²) in [6.45, 7) is 8.89. The number of hydrogen-bond acceptors (Lipinski definition) is 1. The fourth-order valence-electron chi connectivity index (χ4n) is 2.00. The van der Waals surface area contributed by atoms with Crippen molar-refractivity contribution in [3.8, 4) is 11.5 Å². The highest BCUT2D eigenvalue weighted by atomic mass is 16.5. The van der Waals surface area contributed by atoms with Gasteiger partial charge in [-0.3, -0.25) is 0 Å². The second kappa shape index (κ2) is 5.48. The van der Waals surface area contributed by atoms with Crippen molar-refractivity contribution < 1.29 is 4.74 Å². The summed E-state index contributed by atoms with van der Waals surface area (Å²) in [4.78, 5) is 0. The molecule has 0 spiro atoms. The lowest BCUT2D eigenvalue weighted by Gasteiger charge is -2.24. The summed E-state index contributed by atoms with van der Waals surface area (Å²) in [6.07, 6.45) is 1.13. The molecule has 0 fully saturated rings. The molecule has 0 aliphatic heterocycles. The Balaban J connectivity index is 2.25. The molecule has 0 saturated heterocycles. The molecular formula is C18H22O. The van der Waals surface area contributed by atoms with Gasteiger partial charge in [0.2, 0.25) is 0 Å². The summed E-state index contributed by atoms with van der Waals surface area (Å²) >= 11 is 0. The Morgan fingerprint density at radius 2 is 1.68 bits per heavy atom. The monoisotopic (exact) mass is 254 g/mol. The van der Waals surface area contributed by atoms with Crippen LogP contribution < -0.4 is 4.74 Å². The molecule has 0 aromatic heterocycles. The van der Waals surface area contributed by atoms with Crippen LogP contribution in [-0.4, -0.2) is 0 Å². The SMILES string of the molecule is CCC(C)(C)c1ccc(Oc2ccccc2)c(C)c1. The van der Waals surface area contributed by atoms with Crippen LogP contribution in [0.25, 0.3) is 0 Å². The molecule has 0 unspecified atom stereocenters. The van der Waals surface area contributed by atoms with Crippen LogP contribution in [0.5, 0.6) is 11.5 Å². The molecule has 0 radical (unpaired) electrons. The van der Waals surface area contributed by atoms with E-state index in [0.717, 1.165) is 17.9 Å². The minimum Gasteiger partial charge on any atom is -0.457 e. The van der Waals surface area contributed by atoms with E-state index in [0.29, 0.717) is 0 Å². The summed E-state index contributed by atoms with van der Waals surface area (Å²) in [5, 5.41) is 0. The maximum Gasteiger partial charge on any atom is 0.130 e. The summed E-state index contributed by atoms with van der Waals surface area (Å²) < 4.78 is 5.91. The van der Waals surface area contributed by atoms with E-state index in [-0.39, 0.29) is 5.41 Å². The fraction of sp³-hybridized carbons (Fsp3) is 0.333. The van der Waals surface area contributed by atoms with E-state index < -0.39 is 0 Å². The van der Waals surface area contributed by atoms with Crippen molar-refractivity contribution in [1.82, 2.24) is 0 Å². The minimum atomic E-state index is 0.218. The molecule has 0 aliphatic rings. The Bertz CT molecular complexity index is 541. The van der Waals surface area contributed by atoms with Crippen molar-refractivity contribution in [2.75, 3.05) is 0 Å². The summed E-state index contributed by atoms with van der Waals surface area (Å²) in [7, 11) is 0. The van der Waals surface area contributed by atoms with E-state index >= 15 is 0 Å². The van der Waals surface area contributed by atoms with Gasteiger partial charge in [0.05, 0.1) is 0 Å². The van der Waals surface area contributed by atoms with E-state index in [4.69, 9.17) is 4.74 Å². The first-order chi connectivity index (χ1) is 9.03. The van der Waals surface area contributed by atoms with Gasteiger partial charge in [-0.15, -0.1) is 0 Å². The molecule has 2 aromatic rings. The minimum absolute atomic E-state index is 0.218. The van der Waals surface area contributed by atoms with Crippen LogP contribution in [-0.2, 0) is 5.41 Å². The highest BCUT2D eigenvalue weighted by molar-refractivity contribution is 5.41. The predicted octanol–water partition coefficient (Wildman–Crippen LogP) is 5.47. The highest BCUT2D eigenvalue weighted by Crippen LogP contribution is 2.32. The molecule has 0 N–H and O–H groups in total. The topological polar surface area (TPSA) is 9.23 Å². The zero-order valence-corrected chi connectivity index (χ0v) is 12.2. The standard InChI is InChI=1S/C18H22O/c1-5-18(3,4)15-11-12-17(14(2)13-15)19-16-9-7-6-8-10-16/h6-13H,5H2,1-4H3. The van der Waals surface area contributed by atoms with Crippen molar-refractivity contribution in [3.63, 3.8) is 0 Å². The molecule has 0 bridgehead atoms. The number of hydrogen-bond donors (Lipinski definition) is 0. The second-order valence-electron chi connectivity index (χ2n) is 5.63. The maximum atomic E-state index is 5.91. The van der Waals surface area contributed by atoms with Gasteiger partial charge in [0.25, 0.3) is 0 Å². The summed E-state index contributed by atoms with van der Waals surface area (Å²) in [5.74, 6) is 1.81. The predicted molar refractivity (Wildman–Crippen MR) is 81.0 cm³/mol. The Morgan fingerprint density at radius 3 is 2.26 bits per heavy atom. The van der Waals surface area contributed by atoms with Crippen LogP contribution in [0.3, 0.4) is 0 Å². The number of benzene rings is 2.